The molecule has 2 N–H and O–H groups in total. The average molecular weight is 402 g/mol. The van der Waals surface area contributed by atoms with Crippen LogP contribution in [0.5, 0.6) is 0 Å². The molecule has 8 heteroatoms. The highest BCUT2D eigenvalue weighted by molar-refractivity contribution is 7.96. The van der Waals surface area contributed by atoms with Gasteiger partial charge in [-0.05, 0) is 54.7 Å². The Morgan fingerprint density at radius 3 is 2.11 bits per heavy atom. The fraction of sp³-hybridized carbons (Fsp3) is 0.158. The third-order valence-corrected chi connectivity index (χ3v) is 7.30. The Balaban J connectivity index is 1.54. The van der Waals surface area contributed by atoms with Gasteiger partial charge in [0, 0.05) is 0 Å². The lowest BCUT2D eigenvalue weighted by Gasteiger charge is -2.13. The molecule has 4 rings (SSSR count). The highest BCUT2D eigenvalue weighted by Crippen LogP contribution is 2.45. The van der Waals surface area contributed by atoms with Gasteiger partial charge < -0.3 is 0 Å². The monoisotopic (exact) mass is 402 g/mol. The van der Waals surface area contributed by atoms with Crippen molar-refractivity contribution in [3.05, 3.63) is 77.7 Å². The van der Waals surface area contributed by atoms with Crippen LogP contribution >= 0.6 is 0 Å². The molecule has 0 heterocycles. The molecule has 2 aliphatic carbocycles. The van der Waals surface area contributed by atoms with E-state index in [1.54, 1.807) is 48.6 Å². The molecule has 0 spiro atoms. The molecule has 1 fully saturated rings. The summed E-state index contributed by atoms with van der Waals surface area (Å²) in [5, 5.41) is 0. The first-order valence-electron chi connectivity index (χ1n) is 8.44. The van der Waals surface area contributed by atoms with Crippen LogP contribution in [0.2, 0.25) is 0 Å². The van der Waals surface area contributed by atoms with Gasteiger partial charge in [-0.25, -0.2) is 16.8 Å². The Hall–Kier alpha value is -2.58. The predicted molar refractivity (Wildman–Crippen MR) is 105 cm³/mol. The molecule has 2 aromatic carbocycles. The maximum Gasteiger partial charge on any atom is 0.261 e. The van der Waals surface area contributed by atoms with Gasteiger partial charge in [-0.1, -0.05) is 36.4 Å². The number of nitrogens with one attached hydrogen (secondary N) is 2. The highest BCUT2D eigenvalue weighted by Gasteiger charge is 2.37. The lowest BCUT2D eigenvalue weighted by atomic mass is 10.2. The van der Waals surface area contributed by atoms with Crippen LogP contribution in [-0.4, -0.2) is 16.8 Å². The second-order valence-electron chi connectivity index (χ2n) is 6.60. The van der Waals surface area contributed by atoms with Gasteiger partial charge in [-0.15, -0.1) is 0 Å². The summed E-state index contributed by atoms with van der Waals surface area (Å²) < 4.78 is 54.9. The number of hydrogen-bond acceptors (Lipinski definition) is 4. The Morgan fingerprint density at radius 2 is 1.44 bits per heavy atom. The Labute approximate surface area is 158 Å². The SMILES string of the molecule is O=S(=O)(Nc1cccc(NS(=O)(=O)c2ccccc2)c1)C1=CC2CC2C=C1. The van der Waals surface area contributed by atoms with E-state index in [2.05, 4.69) is 9.44 Å². The number of benzene rings is 2. The Bertz CT molecular complexity index is 1140. The van der Waals surface area contributed by atoms with Crippen molar-refractivity contribution in [1.29, 1.82) is 0 Å². The fourth-order valence-electron chi connectivity index (χ4n) is 2.99. The van der Waals surface area contributed by atoms with Crippen LogP contribution in [0.25, 0.3) is 0 Å². The van der Waals surface area contributed by atoms with Crippen LogP contribution in [0.1, 0.15) is 6.42 Å². The second-order valence-corrected chi connectivity index (χ2v) is 9.96. The molecule has 27 heavy (non-hydrogen) atoms. The third kappa shape index (κ3) is 3.91. The van der Waals surface area contributed by atoms with Crippen molar-refractivity contribution in [3.63, 3.8) is 0 Å². The topological polar surface area (TPSA) is 92.3 Å². The molecule has 0 aliphatic heterocycles. The van der Waals surface area contributed by atoms with E-state index in [9.17, 15) is 16.8 Å². The molecule has 1 saturated carbocycles. The van der Waals surface area contributed by atoms with E-state index in [1.807, 2.05) is 6.08 Å². The van der Waals surface area contributed by atoms with Gasteiger partial charge in [0.25, 0.3) is 20.0 Å². The predicted octanol–water partition coefficient (Wildman–Crippen LogP) is 3.32. The number of fused-ring (bicyclic) bond motifs is 1. The van der Waals surface area contributed by atoms with Crippen molar-refractivity contribution >= 4 is 31.4 Å². The van der Waals surface area contributed by atoms with Crippen LogP contribution < -0.4 is 9.44 Å². The normalized spacial score (nSPS) is 21.1. The average Bonchev–Trinajstić information content (AvgIpc) is 3.41. The highest BCUT2D eigenvalue weighted by atomic mass is 32.2. The summed E-state index contributed by atoms with van der Waals surface area (Å²) in [5.74, 6) is 0.783. The largest absolute Gasteiger partial charge is 0.280 e. The zero-order valence-electron chi connectivity index (χ0n) is 14.2. The number of sulfonamides is 2. The molecule has 2 aliphatic rings. The standard InChI is InChI=1S/C19H18N2O4S2/c22-26(23,18-7-2-1-3-8-18)20-16-5-4-6-17(13-16)21-27(24,25)19-10-9-14-11-15(14)12-19/h1-10,12-15,20-21H,11H2. The van der Waals surface area contributed by atoms with Gasteiger partial charge in [0.15, 0.2) is 0 Å². The van der Waals surface area contributed by atoms with E-state index in [4.69, 9.17) is 0 Å². The first-order chi connectivity index (χ1) is 12.8. The molecule has 0 saturated heterocycles. The van der Waals surface area contributed by atoms with Crippen molar-refractivity contribution in [1.82, 2.24) is 0 Å². The summed E-state index contributed by atoms with van der Waals surface area (Å²) in [6, 6.07) is 14.1. The van der Waals surface area contributed by atoms with E-state index >= 15 is 0 Å². The van der Waals surface area contributed by atoms with Gasteiger partial charge in [0.2, 0.25) is 0 Å². The number of rotatable bonds is 6. The molecule has 0 bridgehead atoms. The van der Waals surface area contributed by atoms with Gasteiger partial charge in [-0.2, -0.15) is 0 Å². The van der Waals surface area contributed by atoms with Crippen LogP contribution in [0, 0.1) is 11.8 Å². The van der Waals surface area contributed by atoms with Crippen LogP contribution in [0.4, 0.5) is 11.4 Å². The smallest absolute Gasteiger partial charge is 0.261 e. The van der Waals surface area contributed by atoms with Crippen molar-refractivity contribution in [2.45, 2.75) is 11.3 Å². The molecular formula is C19H18N2O4S2. The second kappa shape index (κ2) is 6.54. The molecule has 2 aromatic rings. The number of allylic oxidation sites excluding steroid dienone is 3. The summed E-state index contributed by atoms with van der Waals surface area (Å²) in [7, 11) is -7.45. The molecule has 2 atom stereocenters. The lowest BCUT2D eigenvalue weighted by Crippen LogP contribution is -2.16. The molecule has 0 aromatic heterocycles. The molecule has 0 radical (unpaired) electrons. The van der Waals surface area contributed by atoms with Gasteiger partial charge in [0.1, 0.15) is 0 Å². The van der Waals surface area contributed by atoms with Crippen LogP contribution in [0.3, 0.4) is 0 Å². The summed E-state index contributed by atoms with van der Waals surface area (Å²) in [5.41, 5.74) is 0.560. The minimum absolute atomic E-state index is 0.132. The molecule has 140 valence electrons. The van der Waals surface area contributed by atoms with Gasteiger partial charge in [0.05, 0.1) is 21.2 Å². The van der Waals surface area contributed by atoms with E-state index in [0.29, 0.717) is 11.8 Å². The summed E-state index contributed by atoms with van der Waals surface area (Å²) >= 11 is 0. The maximum atomic E-state index is 12.6. The van der Waals surface area contributed by atoms with Gasteiger partial charge >= 0.3 is 0 Å². The fourth-order valence-corrected chi connectivity index (χ4v) is 5.22. The maximum absolute atomic E-state index is 12.6. The minimum Gasteiger partial charge on any atom is -0.280 e. The van der Waals surface area contributed by atoms with E-state index in [1.165, 1.54) is 18.2 Å². The van der Waals surface area contributed by atoms with E-state index < -0.39 is 20.0 Å². The zero-order chi connectivity index (χ0) is 19.1. The molecule has 2 unspecified atom stereocenters. The van der Waals surface area contributed by atoms with Crippen LogP contribution in [0.15, 0.2) is 82.6 Å². The summed E-state index contributed by atoms with van der Waals surface area (Å²) in [6.07, 6.45) is 6.31. The molecule has 6 nitrogen and oxygen atoms in total. The minimum atomic E-state index is -3.75. The molecular weight excluding hydrogens is 384 g/mol. The number of anilines is 2. The van der Waals surface area contributed by atoms with E-state index in [0.717, 1.165) is 6.42 Å². The first kappa shape index (κ1) is 17.8. The van der Waals surface area contributed by atoms with Crippen molar-refractivity contribution < 1.29 is 16.8 Å². The third-order valence-electron chi connectivity index (χ3n) is 4.51. The van der Waals surface area contributed by atoms with Crippen molar-refractivity contribution in [3.8, 4) is 0 Å². The zero-order valence-corrected chi connectivity index (χ0v) is 15.9. The van der Waals surface area contributed by atoms with Crippen molar-refractivity contribution in [2.75, 3.05) is 9.44 Å². The van der Waals surface area contributed by atoms with Crippen molar-refractivity contribution in [2.24, 2.45) is 11.8 Å². The Morgan fingerprint density at radius 1 is 0.778 bits per heavy atom. The Kier molecular flexibility index (Phi) is 4.32. The first-order valence-corrected chi connectivity index (χ1v) is 11.4. The summed E-state index contributed by atoms with van der Waals surface area (Å²) in [4.78, 5) is 0.379. The number of hydrogen-bond donors (Lipinski definition) is 2. The summed E-state index contributed by atoms with van der Waals surface area (Å²) in [6.45, 7) is 0. The van der Waals surface area contributed by atoms with Crippen LogP contribution in [-0.2, 0) is 20.0 Å². The van der Waals surface area contributed by atoms with E-state index in [-0.39, 0.29) is 21.2 Å². The molecule has 0 amide bonds. The van der Waals surface area contributed by atoms with Gasteiger partial charge in [-0.3, -0.25) is 9.44 Å². The quantitative estimate of drug-likeness (QED) is 0.775. The lowest BCUT2D eigenvalue weighted by molar-refractivity contribution is 0.601.